The van der Waals surface area contributed by atoms with E-state index in [0.29, 0.717) is 12.8 Å². The Kier molecular flexibility index (Phi) is 12.2. The minimum absolute atomic E-state index is 0.00774. The van der Waals surface area contributed by atoms with Crippen LogP contribution in [-0.4, -0.2) is 80.2 Å². The van der Waals surface area contributed by atoms with Gasteiger partial charge in [-0.3, -0.25) is 9.59 Å². The molecule has 10 unspecified atom stereocenters. The Morgan fingerprint density at radius 1 is 1.30 bits per heavy atom. The molecule has 9 heteroatoms. The van der Waals surface area contributed by atoms with Crippen molar-refractivity contribution in [2.75, 3.05) is 0 Å². The van der Waals surface area contributed by atoms with E-state index in [0.717, 1.165) is 11.1 Å². The number of hydrogen-bond donors (Lipinski definition) is 4. The van der Waals surface area contributed by atoms with Gasteiger partial charge in [-0.05, 0) is 64.2 Å². The first-order valence-electron chi connectivity index (χ1n) is 14.3. The molecular weight excluding hydrogens is 516 g/mol. The predicted octanol–water partition coefficient (Wildman–Crippen LogP) is 3.53. The molecule has 40 heavy (non-hydrogen) atoms. The van der Waals surface area contributed by atoms with E-state index < -0.39 is 47.6 Å². The number of rotatable bonds is 9. The van der Waals surface area contributed by atoms with Gasteiger partial charge in [-0.1, -0.05) is 39.0 Å². The standard InChI is InChI=1S/C31H50O9/c1-9-24(34)21(5)29-25(39-29)17-30(7,36)14-12-18(2)20(4)28-19(3)10-11-26(38-22(6)32)31(8,37)15-13-23(33)16-27(35)40-28/h10-12,14,19,21,23-26,28-29,33-34,36-37H,9,13,15-17H2,1-8H3/b11-10+,14-12+,20-18+. The molecule has 0 spiro atoms. The number of cyclic esters (lactones) is 1. The van der Waals surface area contributed by atoms with E-state index in [1.807, 2.05) is 34.6 Å². The molecule has 2 aliphatic heterocycles. The highest BCUT2D eigenvalue weighted by molar-refractivity contribution is 5.70. The summed E-state index contributed by atoms with van der Waals surface area (Å²) < 4.78 is 16.9. The Hall–Kier alpha value is -2.04. The molecule has 0 aromatic carbocycles. The molecule has 0 aliphatic carbocycles. The smallest absolute Gasteiger partial charge is 0.309 e. The molecule has 0 aromatic heterocycles. The number of allylic oxidation sites excluding steroid dienone is 2. The molecule has 1 fully saturated rings. The first-order valence-corrected chi connectivity index (χ1v) is 14.3. The molecule has 1 saturated heterocycles. The molecular formula is C31H50O9. The van der Waals surface area contributed by atoms with Crippen LogP contribution in [0.3, 0.4) is 0 Å². The fourth-order valence-corrected chi connectivity index (χ4v) is 5.11. The molecule has 0 aromatic rings. The predicted molar refractivity (Wildman–Crippen MR) is 151 cm³/mol. The maximum atomic E-state index is 12.7. The van der Waals surface area contributed by atoms with E-state index in [1.165, 1.54) is 13.8 Å². The van der Waals surface area contributed by atoms with Gasteiger partial charge in [0.15, 0.2) is 0 Å². The molecule has 228 valence electrons. The number of aliphatic hydroxyl groups excluding tert-OH is 2. The summed E-state index contributed by atoms with van der Waals surface area (Å²) in [6.45, 7) is 13.9. The summed E-state index contributed by atoms with van der Waals surface area (Å²) in [5.41, 5.74) is -1.05. The monoisotopic (exact) mass is 566 g/mol. The average Bonchev–Trinajstić information content (AvgIpc) is 3.62. The van der Waals surface area contributed by atoms with Crippen LogP contribution >= 0.6 is 0 Å². The van der Waals surface area contributed by atoms with Gasteiger partial charge in [0.05, 0.1) is 36.4 Å². The van der Waals surface area contributed by atoms with Crippen molar-refractivity contribution in [3.05, 3.63) is 35.5 Å². The Bertz CT molecular complexity index is 964. The van der Waals surface area contributed by atoms with Crippen LogP contribution in [0.5, 0.6) is 0 Å². The van der Waals surface area contributed by atoms with Crippen LogP contribution in [0.15, 0.2) is 35.5 Å². The summed E-state index contributed by atoms with van der Waals surface area (Å²) in [5.74, 6) is -1.46. The number of aliphatic hydroxyl groups is 4. The number of esters is 2. The zero-order chi connectivity index (χ0) is 30.4. The third-order valence-electron chi connectivity index (χ3n) is 8.14. The van der Waals surface area contributed by atoms with Crippen LogP contribution in [0.25, 0.3) is 0 Å². The molecule has 2 heterocycles. The second kappa shape index (κ2) is 14.2. The van der Waals surface area contributed by atoms with Gasteiger partial charge in [0.2, 0.25) is 0 Å². The van der Waals surface area contributed by atoms with Gasteiger partial charge in [0.25, 0.3) is 0 Å². The number of carbonyl (C=O) groups is 2. The Morgan fingerprint density at radius 3 is 2.55 bits per heavy atom. The molecule has 10 atom stereocenters. The van der Waals surface area contributed by atoms with E-state index >= 15 is 0 Å². The zero-order valence-electron chi connectivity index (χ0n) is 25.3. The third-order valence-corrected chi connectivity index (χ3v) is 8.14. The maximum absolute atomic E-state index is 12.7. The minimum Gasteiger partial charge on any atom is -0.457 e. The SMILES string of the molecule is CCC(O)C(C)C1OC1CC(C)(O)/C=C/C(C)=C(\C)C1OC(=O)CC(O)CCC(C)(O)C(OC(C)=O)/C=C/C1C. The summed E-state index contributed by atoms with van der Waals surface area (Å²) >= 11 is 0. The van der Waals surface area contributed by atoms with Gasteiger partial charge in [-0.25, -0.2) is 0 Å². The van der Waals surface area contributed by atoms with Crippen molar-refractivity contribution in [3.8, 4) is 0 Å². The van der Waals surface area contributed by atoms with Crippen molar-refractivity contribution in [2.24, 2.45) is 11.8 Å². The normalized spacial score (nSPS) is 36.2. The lowest BCUT2D eigenvalue weighted by Gasteiger charge is -2.32. The van der Waals surface area contributed by atoms with Gasteiger partial charge >= 0.3 is 11.9 Å². The van der Waals surface area contributed by atoms with Crippen molar-refractivity contribution in [1.82, 2.24) is 0 Å². The van der Waals surface area contributed by atoms with Crippen molar-refractivity contribution in [2.45, 2.75) is 135 Å². The lowest BCUT2D eigenvalue weighted by Crippen LogP contribution is -2.42. The second-order valence-corrected chi connectivity index (χ2v) is 12.2. The topological polar surface area (TPSA) is 146 Å². The van der Waals surface area contributed by atoms with Crippen LogP contribution in [-0.2, 0) is 23.8 Å². The lowest BCUT2D eigenvalue weighted by atomic mass is 9.88. The second-order valence-electron chi connectivity index (χ2n) is 12.2. The van der Waals surface area contributed by atoms with Crippen molar-refractivity contribution >= 4 is 11.9 Å². The Morgan fingerprint density at radius 2 is 1.95 bits per heavy atom. The molecule has 2 aliphatic rings. The van der Waals surface area contributed by atoms with Crippen molar-refractivity contribution < 1.29 is 44.2 Å². The van der Waals surface area contributed by atoms with Gasteiger partial charge in [-0.2, -0.15) is 0 Å². The van der Waals surface area contributed by atoms with Gasteiger partial charge in [0, 0.05) is 25.2 Å². The van der Waals surface area contributed by atoms with Crippen LogP contribution < -0.4 is 0 Å². The molecule has 0 amide bonds. The molecule has 0 radical (unpaired) electrons. The minimum atomic E-state index is -1.44. The summed E-state index contributed by atoms with van der Waals surface area (Å²) in [6, 6.07) is 0. The summed E-state index contributed by atoms with van der Waals surface area (Å²) in [5, 5.41) is 42.5. The summed E-state index contributed by atoms with van der Waals surface area (Å²) in [7, 11) is 0. The van der Waals surface area contributed by atoms with Crippen LogP contribution in [0.4, 0.5) is 0 Å². The van der Waals surface area contributed by atoms with E-state index in [-0.39, 0.29) is 43.3 Å². The molecule has 2 rings (SSSR count). The number of ether oxygens (including phenoxy) is 3. The molecule has 0 bridgehead atoms. The lowest BCUT2D eigenvalue weighted by molar-refractivity contribution is -0.157. The maximum Gasteiger partial charge on any atom is 0.309 e. The third kappa shape index (κ3) is 10.1. The van der Waals surface area contributed by atoms with E-state index in [9.17, 15) is 30.0 Å². The first kappa shape index (κ1) is 34.2. The van der Waals surface area contributed by atoms with E-state index in [4.69, 9.17) is 14.2 Å². The molecule has 4 N–H and O–H groups in total. The van der Waals surface area contributed by atoms with Crippen molar-refractivity contribution in [3.63, 3.8) is 0 Å². The van der Waals surface area contributed by atoms with Gasteiger partial charge in [0.1, 0.15) is 17.8 Å². The quantitative estimate of drug-likeness (QED) is 0.142. The zero-order valence-corrected chi connectivity index (χ0v) is 25.3. The van der Waals surface area contributed by atoms with Gasteiger partial charge < -0.3 is 34.6 Å². The molecule has 0 saturated carbocycles. The first-order chi connectivity index (χ1) is 18.5. The summed E-state index contributed by atoms with van der Waals surface area (Å²) in [6.07, 6.45) is 4.58. The van der Waals surface area contributed by atoms with E-state index in [1.54, 1.807) is 31.2 Å². The van der Waals surface area contributed by atoms with Crippen LogP contribution in [0.1, 0.15) is 87.5 Å². The number of epoxide rings is 1. The number of hydrogen-bond acceptors (Lipinski definition) is 9. The van der Waals surface area contributed by atoms with E-state index in [2.05, 4.69) is 0 Å². The highest BCUT2D eigenvalue weighted by Gasteiger charge is 2.47. The van der Waals surface area contributed by atoms with Crippen molar-refractivity contribution in [1.29, 1.82) is 0 Å². The highest BCUT2D eigenvalue weighted by Crippen LogP contribution is 2.38. The average molecular weight is 567 g/mol. The number of carbonyl (C=O) groups excluding carboxylic acids is 2. The molecule has 9 nitrogen and oxygen atoms in total. The van der Waals surface area contributed by atoms with Crippen LogP contribution in [0, 0.1) is 11.8 Å². The Balaban J connectivity index is 2.25. The fraction of sp³-hybridized carbons (Fsp3) is 0.742. The largest absolute Gasteiger partial charge is 0.457 e. The fourth-order valence-electron chi connectivity index (χ4n) is 5.11. The highest BCUT2D eigenvalue weighted by atomic mass is 16.6. The summed E-state index contributed by atoms with van der Waals surface area (Å²) in [4.78, 5) is 24.4. The Labute approximate surface area is 238 Å². The van der Waals surface area contributed by atoms with Crippen LogP contribution in [0.2, 0.25) is 0 Å². The van der Waals surface area contributed by atoms with Gasteiger partial charge in [-0.15, -0.1) is 0 Å².